The average molecular weight is 199 g/mol. The van der Waals surface area contributed by atoms with Crippen molar-refractivity contribution in [2.24, 2.45) is 0 Å². The Bertz CT molecular complexity index is 297. The van der Waals surface area contributed by atoms with Crippen LogP contribution in [0.1, 0.15) is 11.7 Å². The maximum atomic E-state index is 9.58. The number of hydrogen-bond donors (Lipinski definition) is 1. The van der Waals surface area contributed by atoms with Crippen LogP contribution in [0.2, 0.25) is 0 Å². The lowest BCUT2D eigenvalue weighted by atomic mass is 10.1. The van der Waals surface area contributed by atoms with E-state index in [-0.39, 0.29) is 0 Å². The molecule has 0 bridgehead atoms. The van der Waals surface area contributed by atoms with Crippen molar-refractivity contribution in [2.75, 3.05) is 7.11 Å². The standard InChI is InChI=1S/C10H11ClO2/c1-13-10-5-3-2-4-8(10)9(12)6-7-11/h2-7,9,12H,1H3. The molecule has 13 heavy (non-hydrogen) atoms. The maximum absolute atomic E-state index is 9.58. The minimum atomic E-state index is -0.714. The molecule has 0 saturated heterocycles. The third-order valence-corrected chi connectivity index (χ3v) is 1.86. The second-order valence-corrected chi connectivity index (χ2v) is 2.76. The Balaban J connectivity index is 2.98. The Labute approximate surface area is 82.4 Å². The highest BCUT2D eigenvalue weighted by Gasteiger charge is 2.08. The van der Waals surface area contributed by atoms with Crippen LogP contribution in [0.3, 0.4) is 0 Å². The van der Waals surface area contributed by atoms with Gasteiger partial charge < -0.3 is 9.84 Å². The van der Waals surface area contributed by atoms with Gasteiger partial charge in [0.05, 0.1) is 7.11 Å². The van der Waals surface area contributed by atoms with Crippen molar-refractivity contribution in [1.82, 2.24) is 0 Å². The van der Waals surface area contributed by atoms with Crippen molar-refractivity contribution < 1.29 is 9.84 Å². The zero-order valence-electron chi connectivity index (χ0n) is 7.27. The van der Waals surface area contributed by atoms with Gasteiger partial charge in [0, 0.05) is 11.1 Å². The quantitative estimate of drug-likeness (QED) is 0.809. The predicted octanol–water partition coefficient (Wildman–Crippen LogP) is 2.48. The molecule has 0 amide bonds. The summed E-state index contributed by atoms with van der Waals surface area (Å²) < 4.78 is 5.08. The Morgan fingerprint density at radius 3 is 2.77 bits per heavy atom. The van der Waals surface area contributed by atoms with Gasteiger partial charge in [-0.15, -0.1) is 0 Å². The van der Waals surface area contributed by atoms with Crippen molar-refractivity contribution in [3.05, 3.63) is 41.4 Å². The Hall–Kier alpha value is -0.990. The molecule has 1 aromatic rings. The van der Waals surface area contributed by atoms with Gasteiger partial charge in [0.1, 0.15) is 11.9 Å². The highest BCUT2D eigenvalue weighted by atomic mass is 35.5. The van der Waals surface area contributed by atoms with Crippen LogP contribution in [0.4, 0.5) is 0 Å². The lowest BCUT2D eigenvalue weighted by Crippen LogP contribution is -1.96. The van der Waals surface area contributed by atoms with Crippen LogP contribution in [0.25, 0.3) is 0 Å². The molecule has 0 saturated carbocycles. The van der Waals surface area contributed by atoms with Gasteiger partial charge in [0.2, 0.25) is 0 Å². The van der Waals surface area contributed by atoms with Gasteiger partial charge in [-0.1, -0.05) is 29.8 Å². The maximum Gasteiger partial charge on any atom is 0.124 e. The monoisotopic (exact) mass is 198 g/mol. The van der Waals surface area contributed by atoms with E-state index in [1.807, 2.05) is 12.1 Å². The van der Waals surface area contributed by atoms with Crippen LogP contribution in [-0.2, 0) is 0 Å². The van der Waals surface area contributed by atoms with Crippen LogP contribution in [0.15, 0.2) is 35.9 Å². The molecule has 0 aliphatic rings. The summed E-state index contributed by atoms with van der Waals surface area (Å²) in [4.78, 5) is 0. The van der Waals surface area contributed by atoms with Gasteiger partial charge >= 0.3 is 0 Å². The van der Waals surface area contributed by atoms with Crippen molar-refractivity contribution >= 4 is 11.6 Å². The fourth-order valence-corrected chi connectivity index (χ4v) is 1.22. The third kappa shape index (κ3) is 2.47. The van der Waals surface area contributed by atoms with Gasteiger partial charge in [-0.2, -0.15) is 0 Å². The molecular formula is C10H11ClO2. The summed E-state index contributed by atoms with van der Waals surface area (Å²) >= 11 is 5.36. The molecule has 1 N–H and O–H groups in total. The molecule has 1 rings (SSSR count). The van der Waals surface area contributed by atoms with Crippen LogP contribution in [0, 0.1) is 0 Å². The molecule has 0 aliphatic heterocycles. The number of methoxy groups -OCH3 is 1. The molecule has 0 fully saturated rings. The highest BCUT2D eigenvalue weighted by Crippen LogP contribution is 2.25. The molecular weight excluding hydrogens is 188 g/mol. The molecule has 0 spiro atoms. The van der Waals surface area contributed by atoms with Gasteiger partial charge in [-0.05, 0) is 12.1 Å². The van der Waals surface area contributed by atoms with E-state index in [9.17, 15) is 5.11 Å². The molecule has 1 unspecified atom stereocenters. The molecule has 2 nitrogen and oxygen atoms in total. The molecule has 0 aliphatic carbocycles. The Morgan fingerprint density at radius 1 is 1.46 bits per heavy atom. The normalized spacial score (nSPS) is 13.2. The number of para-hydroxylation sites is 1. The van der Waals surface area contributed by atoms with Gasteiger partial charge in [0.25, 0.3) is 0 Å². The number of hydrogen-bond acceptors (Lipinski definition) is 2. The van der Waals surface area contributed by atoms with Crippen molar-refractivity contribution in [2.45, 2.75) is 6.10 Å². The Kier molecular flexibility index (Phi) is 3.80. The van der Waals surface area contributed by atoms with E-state index in [2.05, 4.69) is 0 Å². The molecule has 70 valence electrons. The van der Waals surface area contributed by atoms with Gasteiger partial charge in [0.15, 0.2) is 0 Å². The lowest BCUT2D eigenvalue weighted by Gasteiger charge is -2.10. The summed E-state index contributed by atoms with van der Waals surface area (Å²) in [5.74, 6) is 0.657. The van der Waals surface area contributed by atoms with Crippen molar-refractivity contribution in [3.8, 4) is 5.75 Å². The fraction of sp³-hybridized carbons (Fsp3) is 0.200. The average Bonchev–Trinajstić information content (AvgIpc) is 2.18. The van der Waals surface area contributed by atoms with E-state index in [4.69, 9.17) is 16.3 Å². The minimum absolute atomic E-state index is 0.657. The lowest BCUT2D eigenvalue weighted by molar-refractivity contribution is 0.223. The fourth-order valence-electron chi connectivity index (χ4n) is 1.08. The van der Waals surface area contributed by atoms with Gasteiger partial charge in [-0.3, -0.25) is 0 Å². The number of halogens is 1. The number of aliphatic hydroxyl groups excluding tert-OH is 1. The van der Waals surface area contributed by atoms with Crippen LogP contribution in [0.5, 0.6) is 5.75 Å². The summed E-state index contributed by atoms with van der Waals surface area (Å²) in [7, 11) is 1.57. The zero-order valence-corrected chi connectivity index (χ0v) is 8.03. The third-order valence-electron chi connectivity index (χ3n) is 1.71. The Morgan fingerprint density at radius 2 is 2.15 bits per heavy atom. The number of ether oxygens (including phenoxy) is 1. The summed E-state index contributed by atoms with van der Waals surface area (Å²) in [5.41, 5.74) is 2.00. The van der Waals surface area contributed by atoms with E-state index in [1.54, 1.807) is 19.2 Å². The molecule has 3 heteroatoms. The SMILES string of the molecule is COc1ccccc1C(O)C=CCl. The number of aliphatic hydroxyl groups is 1. The second kappa shape index (κ2) is 4.90. The van der Waals surface area contributed by atoms with Gasteiger partial charge in [-0.25, -0.2) is 0 Å². The summed E-state index contributed by atoms with van der Waals surface area (Å²) in [6.07, 6.45) is 0.771. The van der Waals surface area contributed by atoms with E-state index < -0.39 is 6.10 Å². The van der Waals surface area contributed by atoms with Crippen molar-refractivity contribution in [1.29, 1.82) is 0 Å². The first-order valence-electron chi connectivity index (χ1n) is 3.87. The molecule has 1 atom stereocenters. The molecule has 0 aromatic heterocycles. The first-order chi connectivity index (χ1) is 6.29. The largest absolute Gasteiger partial charge is 0.496 e. The first kappa shape index (κ1) is 10.1. The highest BCUT2D eigenvalue weighted by molar-refractivity contribution is 6.25. The number of benzene rings is 1. The molecule has 1 aromatic carbocycles. The van der Waals surface area contributed by atoms with Crippen molar-refractivity contribution in [3.63, 3.8) is 0 Å². The number of rotatable bonds is 3. The second-order valence-electron chi connectivity index (χ2n) is 2.51. The van der Waals surface area contributed by atoms with Crippen LogP contribution >= 0.6 is 11.6 Å². The topological polar surface area (TPSA) is 29.5 Å². The first-order valence-corrected chi connectivity index (χ1v) is 4.31. The minimum Gasteiger partial charge on any atom is -0.496 e. The zero-order chi connectivity index (χ0) is 9.68. The predicted molar refractivity (Wildman–Crippen MR) is 52.9 cm³/mol. The molecule has 0 heterocycles. The summed E-state index contributed by atoms with van der Waals surface area (Å²) in [5, 5.41) is 9.58. The van der Waals surface area contributed by atoms with E-state index >= 15 is 0 Å². The van der Waals surface area contributed by atoms with E-state index in [0.29, 0.717) is 11.3 Å². The van der Waals surface area contributed by atoms with E-state index in [1.165, 1.54) is 11.6 Å². The van der Waals surface area contributed by atoms with Crippen LogP contribution < -0.4 is 4.74 Å². The summed E-state index contributed by atoms with van der Waals surface area (Å²) in [6.45, 7) is 0. The van der Waals surface area contributed by atoms with E-state index in [0.717, 1.165) is 0 Å². The van der Waals surface area contributed by atoms with Crippen LogP contribution in [-0.4, -0.2) is 12.2 Å². The smallest absolute Gasteiger partial charge is 0.124 e. The molecule has 0 radical (unpaired) electrons. The summed E-state index contributed by atoms with van der Waals surface area (Å²) in [6, 6.07) is 7.27.